The maximum atomic E-state index is 10.9. The van der Waals surface area contributed by atoms with Gasteiger partial charge in [0.1, 0.15) is 0 Å². The van der Waals surface area contributed by atoms with Crippen molar-refractivity contribution in [1.82, 2.24) is 15.5 Å². The van der Waals surface area contributed by atoms with E-state index in [1.807, 2.05) is 0 Å². The zero-order valence-electron chi connectivity index (χ0n) is 8.91. The van der Waals surface area contributed by atoms with Crippen molar-refractivity contribution in [3.05, 3.63) is 0 Å². The van der Waals surface area contributed by atoms with Gasteiger partial charge < -0.3 is 15.7 Å². The number of hydrogen-bond donors (Lipinski definition) is 3. The number of aliphatic carboxylic acids is 1. The summed E-state index contributed by atoms with van der Waals surface area (Å²) < 4.78 is 0. The molecule has 2 atom stereocenters. The van der Waals surface area contributed by atoms with Crippen molar-refractivity contribution >= 4 is 5.97 Å². The van der Waals surface area contributed by atoms with Crippen LogP contribution in [0.5, 0.6) is 0 Å². The van der Waals surface area contributed by atoms with E-state index >= 15 is 0 Å². The summed E-state index contributed by atoms with van der Waals surface area (Å²) in [6.07, 6.45) is 0.794. The minimum absolute atomic E-state index is 0.210. The molecule has 2 saturated heterocycles. The van der Waals surface area contributed by atoms with E-state index in [1.54, 1.807) is 0 Å². The first-order chi connectivity index (χ1) is 7.27. The van der Waals surface area contributed by atoms with Gasteiger partial charge in [0.15, 0.2) is 0 Å². The van der Waals surface area contributed by atoms with Crippen molar-refractivity contribution in [1.29, 1.82) is 0 Å². The lowest BCUT2D eigenvalue weighted by Crippen LogP contribution is -2.55. The average Bonchev–Trinajstić information content (AvgIpc) is 2.30. The summed E-state index contributed by atoms with van der Waals surface area (Å²) in [4.78, 5) is 13.3. The molecule has 0 amide bonds. The fraction of sp³-hybridized carbons (Fsp3) is 0.900. The molecule has 2 aliphatic rings. The molecule has 0 unspecified atom stereocenters. The van der Waals surface area contributed by atoms with Crippen LogP contribution in [0.2, 0.25) is 0 Å². The summed E-state index contributed by atoms with van der Waals surface area (Å²) in [5, 5.41) is 15.5. The van der Waals surface area contributed by atoms with Crippen LogP contribution in [-0.4, -0.2) is 61.3 Å². The molecule has 86 valence electrons. The van der Waals surface area contributed by atoms with Crippen molar-refractivity contribution in [2.45, 2.75) is 12.5 Å². The molecule has 2 aliphatic heterocycles. The number of carbonyl (C=O) groups is 1. The third-order valence-electron chi connectivity index (χ3n) is 3.34. The molecule has 5 nitrogen and oxygen atoms in total. The monoisotopic (exact) mass is 213 g/mol. The van der Waals surface area contributed by atoms with E-state index in [4.69, 9.17) is 5.11 Å². The van der Waals surface area contributed by atoms with Crippen molar-refractivity contribution in [3.63, 3.8) is 0 Å². The van der Waals surface area contributed by atoms with Gasteiger partial charge in [-0.25, -0.2) is 0 Å². The van der Waals surface area contributed by atoms with Crippen LogP contribution in [0.4, 0.5) is 0 Å². The Morgan fingerprint density at radius 2 is 1.93 bits per heavy atom. The van der Waals surface area contributed by atoms with Crippen LogP contribution in [0.25, 0.3) is 0 Å². The van der Waals surface area contributed by atoms with Crippen LogP contribution < -0.4 is 10.6 Å². The van der Waals surface area contributed by atoms with Gasteiger partial charge in [-0.1, -0.05) is 0 Å². The van der Waals surface area contributed by atoms with Crippen LogP contribution in [-0.2, 0) is 4.79 Å². The van der Waals surface area contributed by atoms with Gasteiger partial charge in [-0.05, 0) is 6.42 Å². The second-order valence-electron chi connectivity index (χ2n) is 4.37. The smallest absolute Gasteiger partial charge is 0.307 e. The third-order valence-corrected chi connectivity index (χ3v) is 3.34. The molecular formula is C10H19N3O2. The summed E-state index contributed by atoms with van der Waals surface area (Å²) in [7, 11) is 0. The Labute approximate surface area is 89.8 Å². The number of carboxylic acid groups (broad SMARTS) is 1. The minimum Gasteiger partial charge on any atom is -0.481 e. The Kier molecular flexibility index (Phi) is 3.56. The zero-order valence-corrected chi connectivity index (χ0v) is 8.91. The quantitative estimate of drug-likeness (QED) is 0.546. The average molecular weight is 213 g/mol. The lowest BCUT2D eigenvalue weighted by atomic mass is 9.94. The molecule has 0 spiro atoms. The van der Waals surface area contributed by atoms with E-state index in [0.717, 1.165) is 39.1 Å². The van der Waals surface area contributed by atoms with Crippen LogP contribution in [0.3, 0.4) is 0 Å². The molecule has 2 heterocycles. The Bertz CT molecular complexity index is 229. The van der Waals surface area contributed by atoms with Crippen molar-refractivity contribution in [3.8, 4) is 0 Å². The van der Waals surface area contributed by atoms with Crippen LogP contribution >= 0.6 is 0 Å². The Balaban J connectivity index is 1.88. The van der Waals surface area contributed by atoms with Gasteiger partial charge in [-0.15, -0.1) is 0 Å². The summed E-state index contributed by atoms with van der Waals surface area (Å²) in [5.74, 6) is -0.874. The molecule has 5 heteroatoms. The summed E-state index contributed by atoms with van der Waals surface area (Å²) in [6.45, 7) is 5.68. The lowest BCUT2D eigenvalue weighted by Gasteiger charge is -2.38. The largest absolute Gasteiger partial charge is 0.481 e. The SMILES string of the molecule is O=C(O)[C@H]1CNC[C@H](N2CCNCC2)C1. The fourth-order valence-corrected chi connectivity index (χ4v) is 2.43. The molecule has 2 fully saturated rings. The van der Waals surface area contributed by atoms with Gasteiger partial charge in [0.2, 0.25) is 0 Å². The van der Waals surface area contributed by atoms with E-state index in [2.05, 4.69) is 15.5 Å². The summed E-state index contributed by atoms with van der Waals surface area (Å²) in [6, 6.07) is 0.405. The lowest BCUT2D eigenvalue weighted by molar-refractivity contribution is -0.143. The Morgan fingerprint density at radius 1 is 1.20 bits per heavy atom. The van der Waals surface area contributed by atoms with E-state index in [-0.39, 0.29) is 5.92 Å². The molecule has 0 aliphatic carbocycles. The predicted molar refractivity (Wildman–Crippen MR) is 56.8 cm³/mol. The molecule has 0 aromatic carbocycles. The van der Waals surface area contributed by atoms with Gasteiger partial charge in [0.25, 0.3) is 0 Å². The first kappa shape index (κ1) is 10.9. The predicted octanol–water partition coefficient (Wildman–Crippen LogP) is -1.05. The third kappa shape index (κ3) is 2.68. The molecule has 0 radical (unpaired) electrons. The highest BCUT2D eigenvalue weighted by atomic mass is 16.4. The van der Waals surface area contributed by atoms with Crippen molar-refractivity contribution in [2.24, 2.45) is 5.92 Å². The van der Waals surface area contributed by atoms with E-state index in [0.29, 0.717) is 12.6 Å². The molecule has 0 aromatic heterocycles. The first-order valence-electron chi connectivity index (χ1n) is 5.65. The molecule has 2 rings (SSSR count). The highest BCUT2D eigenvalue weighted by Gasteiger charge is 2.30. The summed E-state index contributed by atoms with van der Waals surface area (Å²) >= 11 is 0. The van der Waals surface area contributed by atoms with Crippen LogP contribution in [0, 0.1) is 5.92 Å². The minimum atomic E-state index is -0.665. The van der Waals surface area contributed by atoms with E-state index in [1.165, 1.54) is 0 Å². The van der Waals surface area contributed by atoms with E-state index < -0.39 is 5.97 Å². The second kappa shape index (κ2) is 4.92. The number of nitrogens with zero attached hydrogens (tertiary/aromatic N) is 1. The summed E-state index contributed by atoms with van der Waals surface area (Å²) in [5.41, 5.74) is 0. The van der Waals surface area contributed by atoms with Gasteiger partial charge in [0, 0.05) is 45.3 Å². The van der Waals surface area contributed by atoms with Crippen molar-refractivity contribution in [2.75, 3.05) is 39.3 Å². The number of hydrogen-bond acceptors (Lipinski definition) is 4. The maximum absolute atomic E-state index is 10.9. The fourth-order valence-electron chi connectivity index (χ4n) is 2.43. The number of piperidine rings is 1. The van der Waals surface area contributed by atoms with Crippen LogP contribution in [0.15, 0.2) is 0 Å². The first-order valence-corrected chi connectivity index (χ1v) is 5.65. The molecule has 0 saturated carbocycles. The van der Waals surface area contributed by atoms with Gasteiger partial charge in [0.05, 0.1) is 5.92 Å². The standard InChI is InChI=1S/C10H19N3O2/c14-10(15)8-5-9(7-12-6-8)13-3-1-11-2-4-13/h8-9,11-12H,1-7H2,(H,14,15)/t8-,9-/m1/s1. The molecule has 15 heavy (non-hydrogen) atoms. The number of rotatable bonds is 2. The molecule has 3 N–H and O–H groups in total. The topological polar surface area (TPSA) is 64.6 Å². The van der Waals surface area contributed by atoms with E-state index in [9.17, 15) is 4.79 Å². The molecule has 0 aromatic rings. The molecule has 0 bridgehead atoms. The normalized spacial score (nSPS) is 33.9. The zero-order chi connectivity index (χ0) is 10.7. The van der Waals surface area contributed by atoms with Gasteiger partial charge in [-0.2, -0.15) is 0 Å². The second-order valence-corrected chi connectivity index (χ2v) is 4.37. The van der Waals surface area contributed by atoms with Crippen LogP contribution in [0.1, 0.15) is 6.42 Å². The van der Waals surface area contributed by atoms with Crippen molar-refractivity contribution < 1.29 is 9.90 Å². The highest BCUT2D eigenvalue weighted by molar-refractivity contribution is 5.70. The Hall–Kier alpha value is -0.650. The Morgan fingerprint density at radius 3 is 2.60 bits per heavy atom. The molecular weight excluding hydrogens is 194 g/mol. The number of piperazine rings is 1. The maximum Gasteiger partial charge on any atom is 0.307 e. The number of nitrogens with one attached hydrogen (secondary N) is 2. The number of carboxylic acids is 1. The highest BCUT2D eigenvalue weighted by Crippen LogP contribution is 2.16. The van der Waals surface area contributed by atoms with Gasteiger partial charge in [-0.3, -0.25) is 9.69 Å². The van der Waals surface area contributed by atoms with Gasteiger partial charge >= 0.3 is 5.97 Å².